The summed E-state index contributed by atoms with van der Waals surface area (Å²) in [4.78, 5) is 17.3. The normalized spacial score (nSPS) is 15.5. The number of carbonyl (C=O) groups excluding carboxylic acids is 1. The molecule has 0 N–H and O–H groups in total. The molecule has 1 heterocycles. The number of aryl methyl sites for hydroxylation is 1. The largest absolute Gasteiger partial charge is 0.481 e. The van der Waals surface area contributed by atoms with E-state index in [4.69, 9.17) is 10.00 Å². The number of hydrogen-bond acceptors (Lipinski definition) is 4. The molecule has 2 aromatic carbocycles. The fourth-order valence-electron chi connectivity index (χ4n) is 3.86. The van der Waals surface area contributed by atoms with E-state index >= 15 is 0 Å². The molecule has 0 aliphatic carbocycles. The van der Waals surface area contributed by atoms with E-state index in [0.29, 0.717) is 18.0 Å². The van der Waals surface area contributed by atoms with Gasteiger partial charge in [-0.05, 0) is 67.6 Å². The monoisotopic (exact) mass is 405 g/mol. The molecule has 0 saturated carbocycles. The van der Waals surface area contributed by atoms with Crippen LogP contribution in [0, 0.1) is 18.3 Å². The van der Waals surface area contributed by atoms with Crippen molar-refractivity contribution in [2.45, 2.75) is 46.1 Å². The molecule has 3 rings (SSSR count). The van der Waals surface area contributed by atoms with Gasteiger partial charge < -0.3 is 14.5 Å². The number of rotatable bonds is 5. The van der Waals surface area contributed by atoms with E-state index in [2.05, 4.69) is 36.9 Å². The third-order valence-corrected chi connectivity index (χ3v) is 5.61. The van der Waals surface area contributed by atoms with Gasteiger partial charge in [-0.25, -0.2) is 0 Å². The fourth-order valence-corrected chi connectivity index (χ4v) is 3.86. The summed E-state index contributed by atoms with van der Waals surface area (Å²) in [6.07, 6.45) is 0.380. The highest BCUT2D eigenvalue weighted by Crippen LogP contribution is 2.28. The summed E-state index contributed by atoms with van der Waals surface area (Å²) in [5.41, 5.74) is 4.01. The first-order valence-electron chi connectivity index (χ1n) is 10.7. The Morgan fingerprint density at radius 2 is 1.77 bits per heavy atom. The zero-order valence-electron chi connectivity index (χ0n) is 18.4. The van der Waals surface area contributed by atoms with Gasteiger partial charge in [0.25, 0.3) is 5.91 Å². The lowest BCUT2D eigenvalue weighted by Crippen LogP contribution is -2.42. The molecule has 1 unspecified atom stereocenters. The third-order valence-electron chi connectivity index (χ3n) is 5.61. The number of benzene rings is 2. The average molecular weight is 406 g/mol. The van der Waals surface area contributed by atoms with Crippen LogP contribution in [-0.4, -0.2) is 43.1 Å². The Hall–Kier alpha value is -3.00. The van der Waals surface area contributed by atoms with Crippen LogP contribution in [0.15, 0.2) is 42.5 Å². The standard InChI is InChI=1S/C25H31N3O2/c1-18(2)23-11-6-19(3)16-24(23)30-20(4)25(29)28-13-5-12-27(14-15-28)22-9-7-21(17-26)8-10-22/h6-11,16,18,20H,5,12-15H2,1-4H3. The highest BCUT2D eigenvalue weighted by atomic mass is 16.5. The van der Waals surface area contributed by atoms with Crippen LogP contribution in [0.2, 0.25) is 0 Å². The molecule has 1 fully saturated rings. The van der Waals surface area contributed by atoms with Crippen LogP contribution in [0.5, 0.6) is 5.75 Å². The van der Waals surface area contributed by atoms with Gasteiger partial charge in [0.1, 0.15) is 5.75 Å². The van der Waals surface area contributed by atoms with E-state index < -0.39 is 6.10 Å². The molecule has 2 aromatic rings. The van der Waals surface area contributed by atoms with Crippen LogP contribution in [-0.2, 0) is 4.79 Å². The van der Waals surface area contributed by atoms with Crippen molar-refractivity contribution in [3.8, 4) is 11.8 Å². The number of amides is 1. The smallest absolute Gasteiger partial charge is 0.263 e. The Bertz CT molecular complexity index is 915. The van der Waals surface area contributed by atoms with Gasteiger partial charge in [-0.1, -0.05) is 26.0 Å². The maximum absolute atomic E-state index is 13.1. The Balaban J connectivity index is 1.64. The SMILES string of the molecule is Cc1ccc(C(C)C)c(OC(C)C(=O)N2CCCN(c3ccc(C#N)cc3)CC2)c1. The van der Waals surface area contributed by atoms with Gasteiger partial charge in [-0.3, -0.25) is 4.79 Å². The minimum absolute atomic E-state index is 0.0351. The van der Waals surface area contributed by atoms with Crippen LogP contribution >= 0.6 is 0 Å². The summed E-state index contributed by atoms with van der Waals surface area (Å²) in [6.45, 7) is 11.2. The molecule has 5 heteroatoms. The minimum atomic E-state index is -0.522. The van der Waals surface area contributed by atoms with E-state index in [1.807, 2.05) is 49.1 Å². The van der Waals surface area contributed by atoms with Gasteiger partial charge in [-0.15, -0.1) is 0 Å². The summed E-state index contributed by atoms with van der Waals surface area (Å²) < 4.78 is 6.15. The number of nitriles is 1. The molecular formula is C25H31N3O2. The Labute approximate surface area is 179 Å². The quantitative estimate of drug-likeness (QED) is 0.735. The molecule has 1 aliphatic heterocycles. The zero-order chi connectivity index (χ0) is 21.7. The molecule has 1 atom stereocenters. The van der Waals surface area contributed by atoms with Gasteiger partial charge >= 0.3 is 0 Å². The van der Waals surface area contributed by atoms with Crippen LogP contribution in [0.25, 0.3) is 0 Å². The molecule has 0 bridgehead atoms. The fraction of sp³-hybridized carbons (Fsp3) is 0.440. The molecule has 30 heavy (non-hydrogen) atoms. The second-order valence-electron chi connectivity index (χ2n) is 8.28. The number of ether oxygens (including phenoxy) is 1. The van der Waals surface area contributed by atoms with Crippen molar-refractivity contribution < 1.29 is 9.53 Å². The molecule has 1 saturated heterocycles. The third kappa shape index (κ3) is 5.13. The predicted octanol–water partition coefficient (Wildman–Crippen LogP) is 4.50. The first-order chi connectivity index (χ1) is 14.4. The second kappa shape index (κ2) is 9.67. The maximum atomic E-state index is 13.1. The van der Waals surface area contributed by atoms with Gasteiger partial charge in [-0.2, -0.15) is 5.26 Å². The number of anilines is 1. The molecule has 0 aromatic heterocycles. The lowest BCUT2D eigenvalue weighted by molar-refractivity contribution is -0.137. The Kier molecular flexibility index (Phi) is 6.99. The Morgan fingerprint density at radius 3 is 2.43 bits per heavy atom. The van der Waals surface area contributed by atoms with Crippen molar-refractivity contribution in [2.75, 3.05) is 31.1 Å². The Morgan fingerprint density at radius 1 is 1.03 bits per heavy atom. The van der Waals surface area contributed by atoms with Gasteiger partial charge in [0, 0.05) is 31.9 Å². The molecule has 158 valence electrons. The average Bonchev–Trinajstić information content (AvgIpc) is 2.99. The van der Waals surface area contributed by atoms with Crippen molar-refractivity contribution in [1.29, 1.82) is 5.26 Å². The van der Waals surface area contributed by atoms with Crippen molar-refractivity contribution >= 4 is 11.6 Å². The molecule has 0 spiro atoms. The van der Waals surface area contributed by atoms with E-state index in [1.165, 1.54) is 0 Å². The summed E-state index contributed by atoms with van der Waals surface area (Å²) in [6, 6.07) is 16.0. The first-order valence-corrected chi connectivity index (χ1v) is 10.7. The van der Waals surface area contributed by atoms with E-state index in [-0.39, 0.29) is 5.91 Å². The molecule has 1 amide bonds. The topological polar surface area (TPSA) is 56.6 Å². The summed E-state index contributed by atoms with van der Waals surface area (Å²) in [5, 5.41) is 8.98. The van der Waals surface area contributed by atoms with Gasteiger partial charge in [0.2, 0.25) is 0 Å². The van der Waals surface area contributed by atoms with Gasteiger partial charge in [0.05, 0.1) is 11.6 Å². The minimum Gasteiger partial charge on any atom is -0.481 e. The summed E-state index contributed by atoms with van der Waals surface area (Å²) in [7, 11) is 0. The van der Waals surface area contributed by atoms with E-state index in [1.54, 1.807) is 0 Å². The lowest BCUT2D eigenvalue weighted by Gasteiger charge is -2.26. The number of carbonyl (C=O) groups is 1. The van der Waals surface area contributed by atoms with Crippen molar-refractivity contribution in [3.05, 3.63) is 59.2 Å². The summed E-state index contributed by atoms with van der Waals surface area (Å²) in [5.74, 6) is 1.18. The van der Waals surface area contributed by atoms with Crippen molar-refractivity contribution in [1.82, 2.24) is 4.90 Å². The van der Waals surface area contributed by atoms with Crippen molar-refractivity contribution in [2.24, 2.45) is 0 Å². The lowest BCUT2D eigenvalue weighted by atomic mass is 10.0. The highest BCUT2D eigenvalue weighted by molar-refractivity contribution is 5.81. The van der Waals surface area contributed by atoms with E-state index in [0.717, 1.165) is 48.6 Å². The summed E-state index contributed by atoms with van der Waals surface area (Å²) >= 11 is 0. The van der Waals surface area contributed by atoms with Crippen LogP contribution in [0.4, 0.5) is 5.69 Å². The first kappa shape index (κ1) is 21.7. The van der Waals surface area contributed by atoms with E-state index in [9.17, 15) is 4.79 Å². The highest BCUT2D eigenvalue weighted by Gasteiger charge is 2.25. The number of nitrogens with zero attached hydrogens (tertiary/aromatic N) is 3. The predicted molar refractivity (Wildman–Crippen MR) is 120 cm³/mol. The molecule has 0 radical (unpaired) electrons. The molecular weight excluding hydrogens is 374 g/mol. The maximum Gasteiger partial charge on any atom is 0.263 e. The molecule has 1 aliphatic rings. The van der Waals surface area contributed by atoms with Crippen LogP contribution in [0.1, 0.15) is 49.8 Å². The second-order valence-corrected chi connectivity index (χ2v) is 8.28. The van der Waals surface area contributed by atoms with Crippen LogP contribution < -0.4 is 9.64 Å². The van der Waals surface area contributed by atoms with Gasteiger partial charge in [0.15, 0.2) is 6.10 Å². The number of hydrogen-bond donors (Lipinski definition) is 0. The molecule has 5 nitrogen and oxygen atoms in total. The van der Waals surface area contributed by atoms with Crippen molar-refractivity contribution in [3.63, 3.8) is 0 Å². The zero-order valence-corrected chi connectivity index (χ0v) is 18.4. The van der Waals surface area contributed by atoms with Crippen LogP contribution in [0.3, 0.4) is 0 Å².